The number of aryl methyl sites for hydroxylation is 1. The van der Waals surface area contributed by atoms with Gasteiger partial charge in [-0.15, -0.1) is 0 Å². The third kappa shape index (κ3) is 3.54. The van der Waals surface area contributed by atoms with Crippen LogP contribution < -0.4 is 11.3 Å². The van der Waals surface area contributed by atoms with Crippen LogP contribution in [0, 0.1) is 12.8 Å². The normalized spacial score (nSPS) is 23.8. The third-order valence-electron chi connectivity index (χ3n) is 4.12. The van der Waals surface area contributed by atoms with Gasteiger partial charge >= 0.3 is 8.60 Å². The second kappa shape index (κ2) is 7.35. The van der Waals surface area contributed by atoms with Crippen molar-refractivity contribution >= 4 is 25.7 Å². The summed E-state index contributed by atoms with van der Waals surface area (Å²) in [4.78, 5) is 23.0. The molecule has 10 nitrogen and oxygen atoms in total. The van der Waals surface area contributed by atoms with Crippen molar-refractivity contribution in [2.75, 3.05) is 26.6 Å². The number of aromatic amines is 1. The number of nitrogens with one attached hydrogen (secondary N) is 1. The summed E-state index contributed by atoms with van der Waals surface area (Å²) in [5, 5.41) is 0. The zero-order chi connectivity index (χ0) is 18.1. The van der Waals surface area contributed by atoms with E-state index in [0.29, 0.717) is 18.1 Å². The average molecular weight is 371 g/mol. The van der Waals surface area contributed by atoms with Crippen LogP contribution in [-0.4, -0.2) is 46.4 Å². The third-order valence-corrected chi connectivity index (χ3v) is 5.07. The minimum absolute atomic E-state index is 0.0509. The summed E-state index contributed by atoms with van der Waals surface area (Å²) >= 11 is 0. The molecule has 0 aliphatic carbocycles. The van der Waals surface area contributed by atoms with Crippen LogP contribution in [0.2, 0.25) is 0 Å². The lowest BCUT2D eigenvalue weighted by atomic mass is 10.1. The van der Waals surface area contributed by atoms with Gasteiger partial charge in [0.1, 0.15) is 12.1 Å². The lowest BCUT2D eigenvalue weighted by Gasteiger charge is -2.20. The molecular weight excluding hydrogens is 349 g/mol. The van der Waals surface area contributed by atoms with Crippen LogP contribution in [-0.2, 0) is 18.3 Å². The number of nitrogens with zero attached hydrogens (tertiary/aromatic N) is 3. The Hall–Kier alpha value is -1.58. The average Bonchev–Trinajstić information content (AvgIpc) is 3.08. The maximum Gasteiger partial charge on any atom is 0.332 e. The highest BCUT2D eigenvalue weighted by Gasteiger charge is 2.36. The standard InChI is InChI=1S/C14H22N5O5P/c1-7-5-9(6-23-25(21-3)22-4)24-13(7)19-8(2)16-10-11(19)17-14(15)18-12(10)20/h7,9,13H,5-6H2,1-4H3,(H3,15,17,18,20)/t7-,9-,13?/m0/s1. The lowest BCUT2D eigenvalue weighted by Crippen LogP contribution is -2.19. The quantitative estimate of drug-likeness (QED) is 0.731. The summed E-state index contributed by atoms with van der Waals surface area (Å²) in [5.74, 6) is 0.881. The van der Waals surface area contributed by atoms with Crippen molar-refractivity contribution in [1.82, 2.24) is 19.5 Å². The monoisotopic (exact) mass is 371 g/mol. The topological polar surface area (TPSA) is 127 Å². The molecule has 1 fully saturated rings. The number of nitrogen functional groups attached to an aromatic ring is 1. The molecule has 0 bridgehead atoms. The maximum absolute atomic E-state index is 12.0. The van der Waals surface area contributed by atoms with Crippen molar-refractivity contribution < 1.29 is 18.3 Å². The smallest absolute Gasteiger partial charge is 0.332 e. The van der Waals surface area contributed by atoms with Gasteiger partial charge in [0, 0.05) is 20.1 Å². The van der Waals surface area contributed by atoms with Gasteiger partial charge in [-0.1, -0.05) is 6.92 Å². The molecule has 2 aromatic heterocycles. The summed E-state index contributed by atoms with van der Waals surface area (Å²) in [6.07, 6.45) is 0.370. The van der Waals surface area contributed by atoms with Crippen molar-refractivity contribution in [1.29, 1.82) is 0 Å². The lowest BCUT2D eigenvalue weighted by molar-refractivity contribution is -0.0284. The zero-order valence-electron chi connectivity index (χ0n) is 14.6. The van der Waals surface area contributed by atoms with Crippen LogP contribution in [0.4, 0.5) is 5.95 Å². The van der Waals surface area contributed by atoms with Crippen LogP contribution in [0.15, 0.2) is 4.79 Å². The molecule has 3 heterocycles. The molecule has 3 N–H and O–H groups in total. The van der Waals surface area contributed by atoms with E-state index in [4.69, 9.17) is 24.0 Å². The highest BCUT2D eigenvalue weighted by atomic mass is 31.2. The second-order valence-corrected chi connectivity index (χ2v) is 7.33. The summed E-state index contributed by atoms with van der Waals surface area (Å²) < 4.78 is 23.7. The molecule has 2 aromatic rings. The molecule has 11 heteroatoms. The molecule has 1 unspecified atom stereocenters. The molecule has 3 atom stereocenters. The molecule has 0 saturated carbocycles. The van der Waals surface area contributed by atoms with E-state index in [-0.39, 0.29) is 35.3 Å². The van der Waals surface area contributed by atoms with Gasteiger partial charge in [0.25, 0.3) is 5.56 Å². The summed E-state index contributed by atoms with van der Waals surface area (Å²) in [7, 11) is 1.70. The Bertz CT molecular complexity index is 805. The van der Waals surface area contributed by atoms with Crippen molar-refractivity contribution in [3.05, 3.63) is 16.2 Å². The van der Waals surface area contributed by atoms with Gasteiger partial charge in [-0.2, -0.15) is 4.98 Å². The predicted molar refractivity (Wildman–Crippen MR) is 91.9 cm³/mol. The van der Waals surface area contributed by atoms with Gasteiger partial charge < -0.3 is 24.0 Å². The Labute approximate surface area is 145 Å². The zero-order valence-corrected chi connectivity index (χ0v) is 15.4. The van der Waals surface area contributed by atoms with Gasteiger partial charge in [0.2, 0.25) is 5.95 Å². The van der Waals surface area contributed by atoms with Crippen LogP contribution in [0.3, 0.4) is 0 Å². The van der Waals surface area contributed by atoms with E-state index in [1.54, 1.807) is 0 Å². The molecule has 1 saturated heterocycles. The van der Waals surface area contributed by atoms with Gasteiger partial charge in [-0.05, 0) is 13.3 Å². The maximum atomic E-state index is 12.0. The van der Waals surface area contributed by atoms with Gasteiger partial charge in [-0.25, -0.2) is 4.98 Å². The Kier molecular flexibility index (Phi) is 5.35. The molecule has 25 heavy (non-hydrogen) atoms. The second-order valence-electron chi connectivity index (χ2n) is 5.90. The highest BCUT2D eigenvalue weighted by Crippen LogP contribution is 2.41. The first kappa shape index (κ1) is 18.2. The largest absolute Gasteiger partial charge is 0.369 e. The molecule has 0 amide bonds. The Morgan fingerprint density at radius 1 is 1.40 bits per heavy atom. The number of fused-ring (bicyclic) bond motifs is 1. The number of hydrogen-bond donors (Lipinski definition) is 2. The van der Waals surface area contributed by atoms with E-state index in [1.807, 2.05) is 11.5 Å². The molecule has 138 valence electrons. The molecule has 1 aliphatic rings. The highest BCUT2D eigenvalue weighted by molar-refractivity contribution is 7.41. The van der Waals surface area contributed by atoms with E-state index in [9.17, 15) is 4.79 Å². The fourth-order valence-electron chi connectivity index (χ4n) is 3.08. The van der Waals surface area contributed by atoms with Crippen molar-refractivity contribution in [3.8, 4) is 0 Å². The van der Waals surface area contributed by atoms with Crippen molar-refractivity contribution in [2.45, 2.75) is 32.6 Å². The summed E-state index contributed by atoms with van der Waals surface area (Å²) in [6, 6.07) is 0. The first-order valence-corrected chi connectivity index (χ1v) is 8.95. The fraction of sp³-hybridized carbons (Fsp3) is 0.643. The van der Waals surface area contributed by atoms with Crippen LogP contribution in [0.25, 0.3) is 11.2 Å². The summed E-state index contributed by atoms with van der Waals surface area (Å²) in [6.45, 7) is 4.24. The first-order valence-electron chi connectivity index (χ1n) is 7.85. The van der Waals surface area contributed by atoms with Crippen LogP contribution in [0.5, 0.6) is 0 Å². The molecular formula is C14H22N5O5P. The fourth-order valence-corrected chi connectivity index (χ4v) is 3.73. The van der Waals surface area contributed by atoms with Crippen molar-refractivity contribution in [2.24, 2.45) is 5.92 Å². The minimum Gasteiger partial charge on any atom is -0.369 e. The molecule has 0 aromatic carbocycles. The van der Waals surface area contributed by atoms with Crippen LogP contribution >= 0.6 is 8.60 Å². The van der Waals surface area contributed by atoms with Crippen molar-refractivity contribution in [3.63, 3.8) is 0 Å². The van der Waals surface area contributed by atoms with E-state index in [1.165, 1.54) is 14.2 Å². The number of ether oxygens (including phenoxy) is 1. The first-order chi connectivity index (χ1) is 11.9. The Morgan fingerprint density at radius 3 is 2.80 bits per heavy atom. The van der Waals surface area contributed by atoms with E-state index in [0.717, 1.165) is 6.42 Å². The molecule has 0 radical (unpaired) electrons. The molecule has 1 aliphatic heterocycles. The van der Waals surface area contributed by atoms with Gasteiger partial charge in [0.15, 0.2) is 11.2 Å². The molecule has 0 spiro atoms. The van der Waals surface area contributed by atoms with Crippen LogP contribution in [0.1, 0.15) is 25.4 Å². The Balaban J connectivity index is 1.84. The van der Waals surface area contributed by atoms with E-state index in [2.05, 4.69) is 21.9 Å². The van der Waals surface area contributed by atoms with E-state index < -0.39 is 8.60 Å². The van der Waals surface area contributed by atoms with Gasteiger partial charge in [0.05, 0.1) is 12.7 Å². The number of anilines is 1. The SMILES string of the molecule is COP(OC)OC[C@@H]1C[C@H](C)C(n2c(C)nc3c(=O)[nH]c(N)nc32)O1. The number of H-pyrrole nitrogens is 1. The number of rotatable bonds is 6. The minimum atomic E-state index is -1.36. The predicted octanol–water partition coefficient (Wildman–Crippen LogP) is 1.47. The number of imidazole rings is 1. The number of nitrogens with two attached hydrogens (primary N) is 1. The summed E-state index contributed by atoms with van der Waals surface area (Å²) in [5.41, 5.74) is 6.00. The van der Waals surface area contributed by atoms with E-state index >= 15 is 0 Å². The molecule has 3 rings (SSSR count). The van der Waals surface area contributed by atoms with Gasteiger partial charge in [-0.3, -0.25) is 14.3 Å². The number of aromatic nitrogens is 4. The Morgan fingerprint density at radius 2 is 2.12 bits per heavy atom. The number of hydrogen-bond acceptors (Lipinski definition) is 8.